The first kappa shape index (κ1) is 11.8. The Hall–Kier alpha value is -1.26. The van der Waals surface area contributed by atoms with E-state index in [0.29, 0.717) is 11.4 Å². The number of unbranched alkanes of at least 4 members (excludes halogenated alkanes) is 2. The van der Waals surface area contributed by atoms with Gasteiger partial charge in [-0.15, -0.1) is 11.6 Å². The lowest BCUT2D eigenvalue weighted by molar-refractivity contribution is 0.105. The third-order valence-electron chi connectivity index (χ3n) is 1.92. The molecular weight excluding hydrogens is 208 g/mol. The molecule has 0 aliphatic rings. The summed E-state index contributed by atoms with van der Waals surface area (Å²) >= 11 is 5.52. The molecule has 0 unspecified atom stereocenters. The van der Waals surface area contributed by atoms with Crippen LogP contribution in [-0.4, -0.2) is 11.7 Å². The van der Waals surface area contributed by atoms with Crippen molar-refractivity contribution in [1.29, 1.82) is 0 Å². The van der Waals surface area contributed by atoms with E-state index < -0.39 is 0 Å². The van der Waals surface area contributed by atoms with Gasteiger partial charge in [0, 0.05) is 17.9 Å². The van der Waals surface area contributed by atoms with Crippen molar-refractivity contribution in [3.63, 3.8) is 0 Å². The first-order chi connectivity index (χ1) is 7.34. The number of benzene rings is 1. The van der Waals surface area contributed by atoms with E-state index >= 15 is 0 Å². The standard InChI is InChI=1S/C13H13ClO/c14-11-7-2-1-6-10-13(15)12-8-4-3-5-9-12/h3-5,8-9H,1-2,7,11H2. The fraction of sp³-hybridized carbons (Fsp3) is 0.308. The van der Waals surface area contributed by atoms with Gasteiger partial charge in [0.05, 0.1) is 0 Å². The van der Waals surface area contributed by atoms with Crippen LogP contribution in [0.5, 0.6) is 0 Å². The van der Waals surface area contributed by atoms with Gasteiger partial charge in [-0.25, -0.2) is 0 Å². The average molecular weight is 221 g/mol. The number of hydrogen-bond acceptors (Lipinski definition) is 1. The van der Waals surface area contributed by atoms with Crippen LogP contribution in [0.2, 0.25) is 0 Å². The topological polar surface area (TPSA) is 17.1 Å². The fourth-order valence-electron chi connectivity index (χ4n) is 1.11. The predicted octanol–water partition coefficient (Wildman–Crippen LogP) is 3.28. The van der Waals surface area contributed by atoms with Gasteiger partial charge >= 0.3 is 0 Å². The molecule has 0 fully saturated rings. The minimum Gasteiger partial charge on any atom is -0.279 e. The molecule has 2 heteroatoms. The molecule has 15 heavy (non-hydrogen) atoms. The van der Waals surface area contributed by atoms with E-state index in [2.05, 4.69) is 11.8 Å². The number of ketones is 1. The van der Waals surface area contributed by atoms with Crippen LogP contribution in [0.4, 0.5) is 0 Å². The van der Waals surface area contributed by atoms with Crippen LogP contribution in [0.15, 0.2) is 30.3 Å². The highest BCUT2D eigenvalue weighted by Crippen LogP contribution is 1.99. The third-order valence-corrected chi connectivity index (χ3v) is 2.19. The van der Waals surface area contributed by atoms with Crippen molar-refractivity contribution in [3.05, 3.63) is 35.9 Å². The number of hydrogen-bond donors (Lipinski definition) is 0. The van der Waals surface area contributed by atoms with Crippen LogP contribution in [0, 0.1) is 11.8 Å². The lowest BCUT2D eigenvalue weighted by Gasteiger charge is -1.91. The monoisotopic (exact) mass is 220 g/mol. The average Bonchev–Trinajstić information content (AvgIpc) is 2.30. The minimum absolute atomic E-state index is 0.110. The number of rotatable bonds is 4. The predicted molar refractivity (Wildman–Crippen MR) is 63.1 cm³/mol. The number of halogens is 1. The summed E-state index contributed by atoms with van der Waals surface area (Å²) in [6.45, 7) is 0. The van der Waals surface area contributed by atoms with Gasteiger partial charge in [0.15, 0.2) is 0 Å². The summed E-state index contributed by atoms with van der Waals surface area (Å²) in [5.41, 5.74) is 0.655. The summed E-state index contributed by atoms with van der Waals surface area (Å²) in [6, 6.07) is 9.10. The molecule has 1 nitrogen and oxygen atoms in total. The quantitative estimate of drug-likeness (QED) is 0.250. The summed E-state index contributed by atoms with van der Waals surface area (Å²) in [4.78, 5) is 11.5. The highest BCUT2D eigenvalue weighted by molar-refractivity contribution is 6.17. The molecule has 0 saturated heterocycles. The second kappa shape index (κ2) is 7.09. The normalized spacial score (nSPS) is 9.13. The van der Waals surface area contributed by atoms with Gasteiger partial charge in [0.25, 0.3) is 0 Å². The lowest BCUT2D eigenvalue weighted by atomic mass is 10.1. The maximum absolute atomic E-state index is 11.5. The Kier molecular flexibility index (Phi) is 5.58. The van der Waals surface area contributed by atoms with Crippen LogP contribution in [0.3, 0.4) is 0 Å². The van der Waals surface area contributed by atoms with E-state index in [1.807, 2.05) is 18.2 Å². The zero-order chi connectivity index (χ0) is 10.9. The van der Waals surface area contributed by atoms with Crippen molar-refractivity contribution in [3.8, 4) is 11.8 Å². The van der Waals surface area contributed by atoms with Crippen molar-refractivity contribution in [2.45, 2.75) is 19.3 Å². The zero-order valence-corrected chi connectivity index (χ0v) is 9.26. The number of alkyl halides is 1. The van der Waals surface area contributed by atoms with E-state index in [1.54, 1.807) is 12.1 Å². The SMILES string of the molecule is O=C(C#CCCCCCl)c1ccccc1. The maximum Gasteiger partial charge on any atom is 0.235 e. The number of carbonyl (C=O) groups excluding carboxylic acids is 1. The molecule has 0 aliphatic carbocycles. The molecule has 0 N–H and O–H groups in total. The van der Waals surface area contributed by atoms with Gasteiger partial charge in [-0.05, 0) is 18.8 Å². The smallest absolute Gasteiger partial charge is 0.235 e. The molecule has 0 aliphatic heterocycles. The zero-order valence-electron chi connectivity index (χ0n) is 8.50. The van der Waals surface area contributed by atoms with E-state index in [4.69, 9.17) is 11.6 Å². The van der Waals surface area contributed by atoms with E-state index in [9.17, 15) is 4.79 Å². The molecule has 0 heterocycles. The summed E-state index contributed by atoms with van der Waals surface area (Å²) in [5.74, 6) is 6.04. The first-order valence-electron chi connectivity index (χ1n) is 4.99. The first-order valence-corrected chi connectivity index (χ1v) is 5.52. The Morgan fingerprint density at radius 1 is 1.20 bits per heavy atom. The fourth-order valence-corrected chi connectivity index (χ4v) is 1.30. The highest BCUT2D eigenvalue weighted by Gasteiger charge is 1.98. The molecule has 0 bridgehead atoms. The second-order valence-corrected chi connectivity index (χ2v) is 3.52. The van der Waals surface area contributed by atoms with E-state index in [-0.39, 0.29) is 5.78 Å². The molecular formula is C13H13ClO. The Bertz CT molecular complexity index is 359. The summed E-state index contributed by atoms with van der Waals surface area (Å²) in [7, 11) is 0. The van der Waals surface area contributed by atoms with Gasteiger partial charge in [0.2, 0.25) is 5.78 Å². The van der Waals surface area contributed by atoms with E-state index in [1.165, 1.54) is 0 Å². The Labute approximate surface area is 95.5 Å². The summed E-state index contributed by atoms with van der Waals surface area (Å²) in [6.07, 6.45) is 2.65. The minimum atomic E-state index is -0.110. The van der Waals surface area contributed by atoms with Crippen molar-refractivity contribution in [1.82, 2.24) is 0 Å². The molecule has 0 atom stereocenters. The third kappa shape index (κ3) is 4.67. The molecule has 0 radical (unpaired) electrons. The van der Waals surface area contributed by atoms with Gasteiger partial charge in [-0.1, -0.05) is 36.3 Å². The van der Waals surface area contributed by atoms with Crippen LogP contribution in [0.25, 0.3) is 0 Å². The van der Waals surface area contributed by atoms with Crippen LogP contribution in [-0.2, 0) is 0 Å². The van der Waals surface area contributed by atoms with Crippen LogP contribution >= 0.6 is 11.6 Å². The van der Waals surface area contributed by atoms with Gasteiger partial charge in [0.1, 0.15) is 0 Å². The van der Waals surface area contributed by atoms with Crippen LogP contribution in [0.1, 0.15) is 29.6 Å². The van der Waals surface area contributed by atoms with Crippen molar-refractivity contribution in [2.75, 3.05) is 5.88 Å². The molecule has 0 saturated carbocycles. The number of carbonyl (C=O) groups is 1. The second-order valence-electron chi connectivity index (χ2n) is 3.14. The molecule has 1 aromatic carbocycles. The summed E-state index contributed by atoms with van der Waals surface area (Å²) < 4.78 is 0. The largest absolute Gasteiger partial charge is 0.279 e. The lowest BCUT2D eigenvalue weighted by Crippen LogP contribution is -1.93. The highest BCUT2D eigenvalue weighted by atomic mass is 35.5. The Morgan fingerprint density at radius 3 is 2.60 bits per heavy atom. The summed E-state index contributed by atoms with van der Waals surface area (Å²) in [5, 5.41) is 0. The van der Waals surface area contributed by atoms with Gasteiger partial charge in [-0.3, -0.25) is 4.79 Å². The van der Waals surface area contributed by atoms with Gasteiger partial charge < -0.3 is 0 Å². The van der Waals surface area contributed by atoms with Crippen molar-refractivity contribution < 1.29 is 4.79 Å². The molecule has 0 spiro atoms. The van der Waals surface area contributed by atoms with E-state index in [0.717, 1.165) is 19.3 Å². The molecule has 1 rings (SSSR count). The Balaban J connectivity index is 2.42. The molecule has 1 aromatic rings. The van der Waals surface area contributed by atoms with Crippen molar-refractivity contribution in [2.24, 2.45) is 0 Å². The number of Topliss-reactive ketones (excluding diaryl/α,β-unsaturated/α-hetero) is 1. The maximum atomic E-state index is 11.5. The molecule has 0 aromatic heterocycles. The molecule has 78 valence electrons. The van der Waals surface area contributed by atoms with Gasteiger partial charge in [-0.2, -0.15) is 0 Å². The molecule has 0 amide bonds. The Morgan fingerprint density at radius 2 is 1.93 bits per heavy atom. The van der Waals surface area contributed by atoms with Crippen LogP contribution < -0.4 is 0 Å². The van der Waals surface area contributed by atoms with Crippen molar-refractivity contribution >= 4 is 17.4 Å².